The Bertz CT molecular complexity index is 901. The van der Waals surface area contributed by atoms with Crippen molar-refractivity contribution in [1.29, 1.82) is 0 Å². The first-order valence-electron chi connectivity index (χ1n) is 9.24. The van der Waals surface area contributed by atoms with Gasteiger partial charge in [-0.1, -0.05) is 24.3 Å². The van der Waals surface area contributed by atoms with Gasteiger partial charge < -0.3 is 14.4 Å². The van der Waals surface area contributed by atoms with Crippen molar-refractivity contribution in [3.05, 3.63) is 48.5 Å². The molecular formula is C20H24N2O4S. The molecule has 144 valence electrons. The topological polar surface area (TPSA) is 59.1 Å². The van der Waals surface area contributed by atoms with Crippen molar-refractivity contribution in [2.45, 2.75) is 23.8 Å². The summed E-state index contributed by atoms with van der Waals surface area (Å²) in [5.41, 5.74) is 1.13. The molecule has 2 aliphatic rings. The zero-order valence-corrected chi connectivity index (χ0v) is 16.2. The molecule has 0 saturated carbocycles. The number of piperidine rings is 1. The molecule has 6 nitrogen and oxygen atoms in total. The Balaban J connectivity index is 1.59. The highest BCUT2D eigenvalue weighted by Gasteiger charge is 2.34. The summed E-state index contributed by atoms with van der Waals surface area (Å²) in [6.45, 7) is 2.40. The van der Waals surface area contributed by atoms with E-state index in [0.717, 1.165) is 25.1 Å². The Morgan fingerprint density at radius 3 is 2.63 bits per heavy atom. The summed E-state index contributed by atoms with van der Waals surface area (Å²) < 4.78 is 39.3. The summed E-state index contributed by atoms with van der Waals surface area (Å²) >= 11 is 0. The fourth-order valence-electron chi connectivity index (χ4n) is 3.73. The van der Waals surface area contributed by atoms with Crippen molar-refractivity contribution < 1.29 is 17.9 Å². The second-order valence-electron chi connectivity index (χ2n) is 6.88. The molecule has 27 heavy (non-hydrogen) atoms. The first kappa shape index (κ1) is 18.1. The maximum atomic E-state index is 13.3. The monoisotopic (exact) mass is 388 g/mol. The lowest BCUT2D eigenvalue weighted by Crippen LogP contribution is -2.48. The molecule has 0 radical (unpaired) electrons. The first-order chi connectivity index (χ1) is 13.1. The van der Waals surface area contributed by atoms with E-state index < -0.39 is 10.0 Å². The molecule has 1 fully saturated rings. The lowest BCUT2D eigenvalue weighted by molar-refractivity contribution is 0.166. The number of rotatable bonds is 4. The predicted molar refractivity (Wildman–Crippen MR) is 104 cm³/mol. The summed E-state index contributed by atoms with van der Waals surface area (Å²) in [4.78, 5) is 2.43. The largest absolute Gasteiger partial charge is 0.486 e. The van der Waals surface area contributed by atoms with Crippen LogP contribution in [0.2, 0.25) is 0 Å². The van der Waals surface area contributed by atoms with Gasteiger partial charge in [-0.25, -0.2) is 8.42 Å². The molecule has 2 aromatic rings. The van der Waals surface area contributed by atoms with Crippen LogP contribution in [0.3, 0.4) is 0 Å². The van der Waals surface area contributed by atoms with Gasteiger partial charge in [-0.3, -0.25) is 0 Å². The average molecular weight is 388 g/mol. The van der Waals surface area contributed by atoms with Gasteiger partial charge in [0.25, 0.3) is 0 Å². The van der Waals surface area contributed by atoms with E-state index in [9.17, 15) is 8.42 Å². The zero-order chi connectivity index (χ0) is 18.9. The van der Waals surface area contributed by atoms with E-state index in [0.29, 0.717) is 31.3 Å². The fourth-order valence-corrected chi connectivity index (χ4v) is 5.25. The summed E-state index contributed by atoms with van der Waals surface area (Å²) in [5, 5.41) is 0. The van der Waals surface area contributed by atoms with Crippen LogP contribution in [0.15, 0.2) is 53.4 Å². The lowest BCUT2D eigenvalue weighted by atomic mass is 10.1. The van der Waals surface area contributed by atoms with Crippen LogP contribution in [0.4, 0.5) is 5.69 Å². The number of nitrogens with zero attached hydrogens (tertiary/aromatic N) is 2. The molecule has 2 aromatic carbocycles. The number of sulfonamides is 1. The van der Waals surface area contributed by atoms with Crippen LogP contribution < -0.4 is 14.4 Å². The third-order valence-corrected chi connectivity index (χ3v) is 7.15. The number of para-hydroxylation sites is 2. The average Bonchev–Trinajstić information content (AvgIpc) is 2.73. The van der Waals surface area contributed by atoms with Crippen molar-refractivity contribution in [2.75, 3.05) is 38.3 Å². The van der Waals surface area contributed by atoms with E-state index in [-0.39, 0.29) is 10.9 Å². The van der Waals surface area contributed by atoms with E-state index >= 15 is 0 Å². The SMILES string of the molecule is CN(C1CCCN(c2ccccc2)C1)S(=O)(=O)c1cccc2c1OCCO2. The molecule has 1 saturated heterocycles. The standard InChI is InChI=1S/C20H24N2O4S/c1-21(17-9-6-12-22(15-17)16-7-3-2-4-8-16)27(23,24)19-11-5-10-18-20(19)26-14-13-25-18/h2-5,7-8,10-11,17H,6,9,12-15H2,1H3. The molecule has 0 N–H and O–H groups in total. The number of likely N-dealkylation sites (N-methyl/N-ethyl adjacent to an activating group) is 1. The maximum absolute atomic E-state index is 13.3. The van der Waals surface area contributed by atoms with Gasteiger partial charge in [0.15, 0.2) is 11.5 Å². The molecule has 0 aliphatic carbocycles. The molecule has 0 amide bonds. The Morgan fingerprint density at radius 1 is 1.04 bits per heavy atom. The zero-order valence-electron chi connectivity index (χ0n) is 15.4. The lowest BCUT2D eigenvalue weighted by Gasteiger charge is -2.38. The molecule has 1 unspecified atom stereocenters. The molecular weight excluding hydrogens is 364 g/mol. The number of fused-ring (bicyclic) bond motifs is 1. The van der Waals surface area contributed by atoms with Gasteiger partial charge in [-0.15, -0.1) is 0 Å². The van der Waals surface area contributed by atoms with Crippen LogP contribution in [0.1, 0.15) is 12.8 Å². The van der Waals surface area contributed by atoms with Crippen molar-refractivity contribution in [3.8, 4) is 11.5 Å². The van der Waals surface area contributed by atoms with Gasteiger partial charge in [0.05, 0.1) is 0 Å². The number of benzene rings is 2. The van der Waals surface area contributed by atoms with Crippen LogP contribution >= 0.6 is 0 Å². The van der Waals surface area contributed by atoms with Crippen molar-refractivity contribution in [1.82, 2.24) is 4.31 Å². The minimum atomic E-state index is -3.68. The highest BCUT2D eigenvalue weighted by atomic mass is 32.2. The second kappa shape index (κ2) is 7.40. The summed E-state index contributed by atoms with van der Waals surface area (Å²) in [7, 11) is -2.02. The molecule has 0 spiro atoms. The van der Waals surface area contributed by atoms with Gasteiger partial charge >= 0.3 is 0 Å². The smallest absolute Gasteiger partial charge is 0.246 e. The van der Waals surface area contributed by atoms with Crippen LogP contribution in [-0.2, 0) is 10.0 Å². The van der Waals surface area contributed by atoms with E-state index in [2.05, 4.69) is 17.0 Å². The minimum Gasteiger partial charge on any atom is -0.486 e. The van der Waals surface area contributed by atoms with E-state index in [1.807, 2.05) is 18.2 Å². The van der Waals surface area contributed by atoms with Gasteiger partial charge in [0.2, 0.25) is 10.0 Å². The van der Waals surface area contributed by atoms with E-state index in [4.69, 9.17) is 9.47 Å². The van der Waals surface area contributed by atoms with Crippen LogP contribution in [0, 0.1) is 0 Å². The first-order valence-corrected chi connectivity index (χ1v) is 10.7. The Kier molecular flexibility index (Phi) is 4.97. The van der Waals surface area contributed by atoms with Gasteiger partial charge in [-0.2, -0.15) is 4.31 Å². The third kappa shape index (κ3) is 3.49. The van der Waals surface area contributed by atoms with Crippen molar-refractivity contribution >= 4 is 15.7 Å². The molecule has 1 atom stereocenters. The van der Waals surface area contributed by atoms with Crippen molar-refractivity contribution in [2.24, 2.45) is 0 Å². The van der Waals surface area contributed by atoms with Crippen LogP contribution in [0.25, 0.3) is 0 Å². The highest BCUT2D eigenvalue weighted by molar-refractivity contribution is 7.89. The number of hydrogen-bond acceptors (Lipinski definition) is 5. The number of ether oxygens (including phenoxy) is 2. The molecule has 4 rings (SSSR count). The Morgan fingerprint density at radius 2 is 1.81 bits per heavy atom. The van der Waals surface area contributed by atoms with Gasteiger partial charge in [0, 0.05) is 31.9 Å². The van der Waals surface area contributed by atoms with Gasteiger partial charge in [0.1, 0.15) is 18.1 Å². The molecule has 0 aromatic heterocycles. The fraction of sp³-hybridized carbons (Fsp3) is 0.400. The predicted octanol–water partition coefficient (Wildman–Crippen LogP) is 2.75. The Labute approximate surface area is 160 Å². The normalized spacial score (nSPS) is 19.9. The quantitative estimate of drug-likeness (QED) is 0.806. The van der Waals surface area contributed by atoms with E-state index in [1.54, 1.807) is 25.2 Å². The summed E-state index contributed by atoms with van der Waals surface area (Å²) in [6, 6.07) is 15.1. The second-order valence-corrected chi connectivity index (χ2v) is 8.85. The van der Waals surface area contributed by atoms with Gasteiger partial charge in [-0.05, 0) is 37.1 Å². The Hall–Kier alpha value is -2.25. The number of hydrogen-bond donors (Lipinski definition) is 0. The molecule has 2 aliphatic heterocycles. The maximum Gasteiger partial charge on any atom is 0.246 e. The molecule has 0 bridgehead atoms. The van der Waals surface area contributed by atoms with Crippen LogP contribution in [-0.4, -0.2) is 52.1 Å². The third-order valence-electron chi connectivity index (χ3n) is 5.22. The summed E-state index contributed by atoms with van der Waals surface area (Å²) in [5.74, 6) is 0.816. The minimum absolute atomic E-state index is 0.0932. The molecule has 7 heteroatoms. The van der Waals surface area contributed by atoms with Crippen molar-refractivity contribution in [3.63, 3.8) is 0 Å². The summed E-state index contributed by atoms with van der Waals surface area (Å²) in [6.07, 6.45) is 1.79. The van der Waals surface area contributed by atoms with E-state index in [1.165, 1.54) is 4.31 Å². The number of anilines is 1. The molecule has 2 heterocycles. The highest BCUT2D eigenvalue weighted by Crippen LogP contribution is 2.38. The van der Waals surface area contributed by atoms with Crippen LogP contribution in [0.5, 0.6) is 11.5 Å².